The van der Waals surface area contributed by atoms with E-state index in [1.54, 1.807) is 17.9 Å². The van der Waals surface area contributed by atoms with Crippen LogP contribution < -0.4 is 5.32 Å². The Hall–Kier alpha value is -1.98. The summed E-state index contributed by atoms with van der Waals surface area (Å²) in [6, 6.07) is 14.9. The molecule has 2 aromatic carbocycles. The molecule has 6 heteroatoms. The van der Waals surface area contributed by atoms with E-state index < -0.39 is 6.04 Å². The molecule has 2 aromatic rings. The summed E-state index contributed by atoms with van der Waals surface area (Å²) in [6.45, 7) is 6.85. The predicted molar refractivity (Wildman–Crippen MR) is 121 cm³/mol. The SMILES string of the molecule is CCCCNC(=O)[C@@H](C)N(Cc1cccc(Cl)c1)C(=O)CSc1ccc(C)cc1. The minimum absolute atomic E-state index is 0.0753. The molecule has 0 aliphatic rings. The van der Waals surface area contributed by atoms with Crippen LogP contribution in [0, 0.1) is 6.92 Å². The van der Waals surface area contributed by atoms with Gasteiger partial charge in [0.2, 0.25) is 11.8 Å². The number of nitrogens with one attached hydrogen (secondary N) is 1. The quantitative estimate of drug-likeness (QED) is 0.421. The van der Waals surface area contributed by atoms with Crippen molar-refractivity contribution in [2.45, 2.75) is 51.1 Å². The van der Waals surface area contributed by atoms with Crippen molar-refractivity contribution in [3.63, 3.8) is 0 Å². The smallest absolute Gasteiger partial charge is 0.242 e. The molecule has 0 aliphatic carbocycles. The van der Waals surface area contributed by atoms with Gasteiger partial charge in [-0.15, -0.1) is 11.8 Å². The van der Waals surface area contributed by atoms with Gasteiger partial charge in [0.15, 0.2) is 0 Å². The molecule has 0 fully saturated rings. The second-order valence-electron chi connectivity index (χ2n) is 7.07. The Morgan fingerprint density at radius 2 is 1.90 bits per heavy atom. The van der Waals surface area contributed by atoms with Crippen LogP contribution in [0.5, 0.6) is 0 Å². The molecular weight excluding hydrogens is 404 g/mol. The van der Waals surface area contributed by atoms with Crippen LogP contribution >= 0.6 is 23.4 Å². The molecule has 0 spiro atoms. The van der Waals surface area contributed by atoms with Crippen LogP contribution in [0.4, 0.5) is 0 Å². The number of carbonyl (C=O) groups is 2. The maximum absolute atomic E-state index is 13.0. The maximum atomic E-state index is 13.0. The Labute approximate surface area is 183 Å². The number of halogens is 1. The van der Waals surface area contributed by atoms with Crippen LogP contribution in [0.2, 0.25) is 5.02 Å². The maximum Gasteiger partial charge on any atom is 0.242 e. The van der Waals surface area contributed by atoms with Gasteiger partial charge in [0.25, 0.3) is 0 Å². The van der Waals surface area contributed by atoms with Gasteiger partial charge in [-0.3, -0.25) is 9.59 Å². The van der Waals surface area contributed by atoms with Crippen LogP contribution in [0.25, 0.3) is 0 Å². The molecular formula is C23H29ClN2O2S. The molecule has 0 aliphatic heterocycles. The van der Waals surface area contributed by atoms with Crippen molar-refractivity contribution in [2.24, 2.45) is 0 Å². The number of aryl methyl sites for hydroxylation is 1. The van der Waals surface area contributed by atoms with Crippen molar-refractivity contribution in [3.05, 3.63) is 64.7 Å². The van der Waals surface area contributed by atoms with Crippen LogP contribution in [0.3, 0.4) is 0 Å². The van der Waals surface area contributed by atoms with E-state index in [4.69, 9.17) is 11.6 Å². The second-order valence-corrected chi connectivity index (χ2v) is 8.56. The van der Waals surface area contributed by atoms with Gasteiger partial charge in [-0.2, -0.15) is 0 Å². The van der Waals surface area contributed by atoms with Gasteiger partial charge in [-0.05, 0) is 50.1 Å². The molecule has 0 unspecified atom stereocenters. The lowest BCUT2D eigenvalue weighted by atomic mass is 10.1. The predicted octanol–water partition coefficient (Wildman–Crippen LogP) is 5.07. The lowest BCUT2D eigenvalue weighted by Crippen LogP contribution is -2.48. The van der Waals surface area contributed by atoms with Crippen molar-refractivity contribution in [1.82, 2.24) is 10.2 Å². The summed E-state index contributed by atoms with van der Waals surface area (Å²) in [5, 5.41) is 3.54. The van der Waals surface area contributed by atoms with Gasteiger partial charge < -0.3 is 10.2 Å². The number of hydrogen-bond acceptors (Lipinski definition) is 3. The Kier molecular flexibility index (Phi) is 9.55. The Balaban J connectivity index is 2.10. The first-order valence-corrected chi connectivity index (χ1v) is 11.3. The van der Waals surface area contributed by atoms with E-state index in [-0.39, 0.29) is 17.6 Å². The molecule has 1 atom stereocenters. The monoisotopic (exact) mass is 432 g/mol. The highest BCUT2D eigenvalue weighted by molar-refractivity contribution is 8.00. The summed E-state index contributed by atoms with van der Waals surface area (Å²) in [5.74, 6) is 0.0683. The lowest BCUT2D eigenvalue weighted by Gasteiger charge is -2.29. The van der Waals surface area contributed by atoms with E-state index in [0.29, 0.717) is 18.1 Å². The molecule has 2 rings (SSSR count). The summed E-state index contributed by atoms with van der Waals surface area (Å²) in [7, 11) is 0. The third-order valence-corrected chi connectivity index (χ3v) is 5.85. The Morgan fingerprint density at radius 1 is 1.17 bits per heavy atom. The van der Waals surface area contributed by atoms with Gasteiger partial charge in [-0.1, -0.05) is 54.8 Å². The molecule has 1 N–H and O–H groups in total. The fraction of sp³-hybridized carbons (Fsp3) is 0.391. The molecule has 2 amide bonds. The number of unbranched alkanes of at least 4 members (excludes halogenated alkanes) is 1. The van der Waals surface area contributed by atoms with Gasteiger partial charge in [0.05, 0.1) is 5.75 Å². The van der Waals surface area contributed by atoms with Gasteiger partial charge in [0.1, 0.15) is 6.04 Å². The first kappa shape index (κ1) is 23.3. The summed E-state index contributed by atoms with van der Waals surface area (Å²) in [5.41, 5.74) is 2.08. The standard InChI is InChI=1S/C23H29ClN2O2S/c1-4-5-13-25-23(28)18(3)26(15-19-7-6-8-20(24)14-19)22(27)16-29-21-11-9-17(2)10-12-21/h6-12,14,18H,4-5,13,15-16H2,1-3H3,(H,25,28)/t18-/m1/s1. The first-order valence-electron chi connectivity index (χ1n) is 9.91. The molecule has 0 bridgehead atoms. The topological polar surface area (TPSA) is 49.4 Å². The zero-order chi connectivity index (χ0) is 21.2. The molecule has 156 valence electrons. The average molecular weight is 433 g/mol. The van der Waals surface area contributed by atoms with Crippen LogP contribution in [0.15, 0.2) is 53.4 Å². The number of hydrogen-bond donors (Lipinski definition) is 1. The van der Waals surface area contributed by atoms with E-state index in [0.717, 1.165) is 23.3 Å². The van der Waals surface area contributed by atoms with Gasteiger partial charge >= 0.3 is 0 Å². The van der Waals surface area contributed by atoms with Crippen molar-refractivity contribution in [1.29, 1.82) is 0 Å². The fourth-order valence-electron chi connectivity index (χ4n) is 2.81. The van der Waals surface area contributed by atoms with Crippen molar-refractivity contribution < 1.29 is 9.59 Å². The summed E-state index contributed by atoms with van der Waals surface area (Å²) in [6.07, 6.45) is 1.93. The minimum atomic E-state index is -0.558. The van der Waals surface area contributed by atoms with E-state index in [2.05, 4.69) is 12.2 Å². The number of nitrogens with zero attached hydrogens (tertiary/aromatic N) is 1. The third-order valence-electron chi connectivity index (χ3n) is 4.62. The molecule has 0 saturated heterocycles. The zero-order valence-corrected chi connectivity index (χ0v) is 18.9. The summed E-state index contributed by atoms with van der Waals surface area (Å²) in [4.78, 5) is 28.3. The minimum Gasteiger partial charge on any atom is -0.354 e. The number of benzene rings is 2. The van der Waals surface area contributed by atoms with E-state index in [1.165, 1.54) is 17.3 Å². The number of carbonyl (C=O) groups excluding carboxylic acids is 2. The highest BCUT2D eigenvalue weighted by Gasteiger charge is 2.26. The van der Waals surface area contributed by atoms with Crippen LogP contribution in [0.1, 0.15) is 37.8 Å². The number of rotatable bonds is 10. The van der Waals surface area contributed by atoms with E-state index in [9.17, 15) is 9.59 Å². The van der Waals surface area contributed by atoms with Crippen molar-refractivity contribution in [2.75, 3.05) is 12.3 Å². The highest BCUT2D eigenvalue weighted by Crippen LogP contribution is 2.21. The summed E-state index contributed by atoms with van der Waals surface area (Å²) < 4.78 is 0. The normalized spacial score (nSPS) is 11.7. The lowest BCUT2D eigenvalue weighted by molar-refractivity contribution is -0.138. The van der Waals surface area contributed by atoms with E-state index >= 15 is 0 Å². The van der Waals surface area contributed by atoms with Crippen LogP contribution in [-0.4, -0.2) is 35.1 Å². The Morgan fingerprint density at radius 3 is 2.55 bits per heavy atom. The highest BCUT2D eigenvalue weighted by atomic mass is 35.5. The van der Waals surface area contributed by atoms with Crippen molar-refractivity contribution >= 4 is 35.2 Å². The zero-order valence-electron chi connectivity index (χ0n) is 17.3. The molecule has 0 heterocycles. The van der Waals surface area contributed by atoms with E-state index in [1.807, 2.05) is 49.4 Å². The fourth-order valence-corrected chi connectivity index (χ4v) is 3.81. The first-order chi connectivity index (χ1) is 13.9. The molecule has 0 saturated carbocycles. The second kappa shape index (κ2) is 11.9. The number of amides is 2. The molecule has 4 nitrogen and oxygen atoms in total. The molecule has 0 aromatic heterocycles. The summed E-state index contributed by atoms with van der Waals surface area (Å²) >= 11 is 7.58. The number of thioether (sulfide) groups is 1. The van der Waals surface area contributed by atoms with Gasteiger partial charge in [-0.25, -0.2) is 0 Å². The average Bonchev–Trinajstić information content (AvgIpc) is 2.71. The van der Waals surface area contributed by atoms with Crippen LogP contribution in [-0.2, 0) is 16.1 Å². The largest absolute Gasteiger partial charge is 0.354 e. The van der Waals surface area contributed by atoms with Crippen molar-refractivity contribution in [3.8, 4) is 0 Å². The molecule has 29 heavy (non-hydrogen) atoms. The molecule has 0 radical (unpaired) electrons. The van der Waals surface area contributed by atoms with Gasteiger partial charge in [0, 0.05) is 23.0 Å². The third kappa shape index (κ3) is 7.75. The Bertz CT molecular complexity index is 811.